The molecule has 0 radical (unpaired) electrons. The van der Waals surface area contributed by atoms with Gasteiger partial charge in [0.1, 0.15) is 104 Å². The monoisotopic (exact) mass is 1240 g/mol. The van der Waals surface area contributed by atoms with E-state index in [9.17, 15) is 91.6 Å². The standard InChI is InChI=1S/C58H94O28/c1-53(2)16-23-22-8-9-29-55(4)12-11-30(81-52-44(37(70)36(69)42(83-52)47(75)76)85-51-43(35(68)33(66)27(18-60)80-51)84-50-39(72)34(67)32(65)26(17-59)79-50)56(5,21-61)28(55)10-13-58(29,7)57(22,6)15-14-54(23,3)46(45(53)74)86-49-40(73)41(25(63)20-78-49)82-48-38(71)31(64)24(62)19-77-48/h8,23-46,48-52,59-74H,9-21H2,1-7H3,(H,75,76). The van der Waals surface area contributed by atoms with Crippen molar-refractivity contribution in [3.05, 3.63) is 11.6 Å². The molecule has 0 aromatic rings. The minimum atomic E-state index is -2.16. The molecule has 9 fully saturated rings. The highest BCUT2D eigenvalue weighted by Crippen LogP contribution is 2.76. The molecule has 17 N–H and O–H groups in total. The fourth-order valence-corrected chi connectivity index (χ4v) is 17.6. The van der Waals surface area contributed by atoms with Crippen LogP contribution >= 0.6 is 0 Å². The number of rotatable bonds is 14. The first-order valence-electron chi connectivity index (χ1n) is 30.4. The summed E-state index contributed by atoms with van der Waals surface area (Å²) in [7, 11) is 0. The number of allylic oxidation sites excluding steroid dienone is 2. The number of carboxylic acids is 1. The summed E-state index contributed by atoms with van der Waals surface area (Å²) >= 11 is 0. The summed E-state index contributed by atoms with van der Waals surface area (Å²) < 4.78 is 60.1. The summed E-state index contributed by atoms with van der Waals surface area (Å²) in [6.45, 7) is 12.0. The van der Waals surface area contributed by atoms with E-state index < -0.39 is 212 Å². The van der Waals surface area contributed by atoms with Gasteiger partial charge in [-0.25, -0.2) is 4.79 Å². The summed E-state index contributed by atoms with van der Waals surface area (Å²) in [5.74, 6) is -1.99. The second-order valence-corrected chi connectivity index (χ2v) is 28.3. The third kappa shape index (κ3) is 10.9. The van der Waals surface area contributed by atoms with E-state index in [1.807, 2.05) is 20.8 Å². The summed E-state index contributed by atoms with van der Waals surface area (Å²) in [5, 5.41) is 185. The Balaban J connectivity index is 0.894. The lowest BCUT2D eigenvalue weighted by Gasteiger charge is -2.72. The summed E-state index contributed by atoms with van der Waals surface area (Å²) in [6, 6.07) is 0. The quantitative estimate of drug-likeness (QED) is 0.0576. The number of carboxylic acid groups (broad SMARTS) is 1. The van der Waals surface area contributed by atoms with Gasteiger partial charge < -0.3 is 134 Å². The molecule has 0 spiro atoms. The molecule has 34 atom stereocenters. The van der Waals surface area contributed by atoms with E-state index in [1.165, 1.54) is 5.57 Å². The number of ether oxygens (including phenoxy) is 10. The fourth-order valence-electron chi connectivity index (χ4n) is 17.6. The number of aliphatic hydroxyl groups excluding tert-OH is 16. The molecule has 494 valence electrons. The Morgan fingerprint density at radius 2 is 1.09 bits per heavy atom. The van der Waals surface area contributed by atoms with Crippen molar-refractivity contribution in [2.24, 2.45) is 50.2 Å². The second-order valence-electron chi connectivity index (χ2n) is 28.3. The van der Waals surface area contributed by atoms with E-state index in [0.29, 0.717) is 44.9 Å². The Labute approximate surface area is 498 Å². The molecule has 28 heteroatoms. The van der Waals surface area contributed by atoms with Crippen LogP contribution in [-0.4, -0.2) is 285 Å². The molecule has 0 aromatic heterocycles. The lowest BCUT2D eigenvalue weighted by Crippen LogP contribution is -2.69. The van der Waals surface area contributed by atoms with Gasteiger partial charge in [-0.2, -0.15) is 0 Å². The van der Waals surface area contributed by atoms with Crippen LogP contribution in [0, 0.1) is 50.2 Å². The molecule has 5 aliphatic heterocycles. The zero-order valence-electron chi connectivity index (χ0n) is 49.6. The van der Waals surface area contributed by atoms with Crippen molar-refractivity contribution in [3.63, 3.8) is 0 Å². The van der Waals surface area contributed by atoms with Crippen molar-refractivity contribution < 1.29 is 139 Å². The summed E-state index contributed by atoms with van der Waals surface area (Å²) in [6.07, 6.45) is -36.5. The van der Waals surface area contributed by atoms with Gasteiger partial charge in [-0.05, 0) is 90.8 Å². The van der Waals surface area contributed by atoms with Crippen molar-refractivity contribution in [1.29, 1.82) is 0 Å². The molecule has 4 saturated carbocycles. The van der Waals surface area contributed by atoms with Gasteiger partial charge in [-0.15, -0.1) is 0 Å². The minimum absolute atomic E-state index is 0.0406. The summed E-state index contributed by atoms with van der Waals surface area (Å²) in [4.78, 5) is 12.6. The van der Waals surface area contributed by atoms with Gasteiger partial charge in [0.05, 0.1) is 51.3 Å². The van der Waals surface area contributed by atoms with Crippen LogP contribution in [0.4, 0.5) is 0 Å². The molecule has 5 heterocycles. The third-order valence-electron chi connectivity index (χ3n) is 23.2. The molecule has 10 rings (SSSR count). The van der Waals surface area contributed by atoms with Gasteiger partial charge in [0.15, 0.2) is 37.6 Å². The SMILES string of the molecule is CC1(C)CC2C3=CCC4C5(C)CCC(OC6OC(C(=O)O)C(O)C(O)C6OC6OC(CO)C(O)C(O)C6OC6OC(CO)C(O)C(O)C6O)C(C)(CO)C5CCC4(C)C3(C)CCC2(C)C(OC2OCC(O)C(OC3OCC(O)C(O)C3O)C2O)C1O. The lowest BCUT2D eigenvalue weighted by molar-refractivity contribution is -0.397. The molecule has 5 aliphatic carbocycles. The normalized spacial score (nSPS) is 55.7. The lowest BCUT2D eigenvalue weighted by atomic mass is 9.33. The van der Waals surface area contributed by atoms with E-state index >= 15 is 0 Å². The first-order chi connectivity index (χ1) is 40.3. The van der Waals surface area contributed by atoms with E-state index in [0.717, 1.165) is 0 Å². The van der Waals surface area contributed by atoms with Crippen LogP contribution in [0.3, 0.4) is 0 Å². The number of hydrogen-bond donors (Lipinski definition) is 17. The maximum atomic E-state index is 12.6. The maximum absolute atomic E-state index is 12.6. The van der Waals surface area contributed by atoms with E-state index in [2.05, 4.69) is 33.8 Å². The van der Waals surface area contributed by atoms with Crippen molar-refractivity contribution in [3.8, 4) is 0 Å². The average Bonchev–Trinajstić information content (AvgIpc) is 0.730. The maximum Gasteiger partial charge on any atom is 0.335 e. The Hall–Kier alpha value is -1.83. The molecule has 0 bridgehead atoms. The van der Waals surface area contributed by atoms with Gasteiger partial charge in [0.2, 0.25) is 0 Å². The predicted octanol–water partition coefficient (Wildman–Crippen LogP) is -4.43. The smallest absolute Gasteiger partial charge is 0.335 e. The number of carbonyl (C=O) groups is 1. The fraction of sp³-hybridized carbons (Fsp3) is 0.948. The van der Waals surface area contributed by atoms with Crippen molar-refractivity contribution in [1.82, 2.24) is 0 Å². The van der Waals surface area contributed by atoms with Gasteiger partial charge in [-0.3, -0.25) is 0 Å². The summed E-state index contributed by atoms with van der Waals surface area (Å²) in [5.41, 5.74) is -2.43. The highest BCUT2D eigenvalue weighted by Gasteiger charge is 2.71. The number of aliphatic carboxylic acids is 1. The van der Waals surface area contributed by atoms with Gasteiger partial charge >= 0.3 is 5.97 Å². The third-order valence-corrected chi connectivity index (χ3v) is 23.2. The van der Waals surface area contributed by atoms with Crippen molar-refractivity contribution in [2.75, 3.05) is 33.0 Å². The van der Waals surface area contributed by atoms with E-state index in [1.54, 1.807) is 0 Å². The van der Waals surface area contributed by atoms with Crippen LogP contribution in [0.1, 0.15) is 99.8 Å². The van der Waals surface area contributed by atoms with Crippen LogP contribution in [0.5, 0.6) is 0 Å². The molecule has 34 unspecified atom stereocenters. The Bertz CT molecular complexity index is 2410. The van der Waals surface area contributed by atoms with Crippen molar-refractivity contribution >= 4 is 5.97 Å². The van der Waals surface area contributed by atoms with Crippen LogP contribution in [0.2, 0.25) is 0 Å². The Kier molecular flexibility index (Phi) is 19.2. The number of hydrogen-bond acceptors (Lipinski definition) is 27. The molecule has 0 amide bonds. The van der Waals surface area contributed by atoms with Gasteiger partial charge in [-0.1, -0.05) is 60.1 Å². The average molecular weight is 1240 g/mol. The predicted molar refractivity (Wildman–Crippen MR) is 287 cm³/mol. The zero-order valence-corrected chi connectivity index (χ0v) is 49.6. The minimum Gasteiger partial charge on any atom is -0.479 e. The Morgan fingerprint density at radius 1 is 0.535 bits per heavy atom. The topological polar surface area (TPSA) is 453 Å². The zero-order chi connectivity index (χ0) is 62.9. The first-order valence-corrected chi connectivity index (χ1v) is 30.4. The highest BCUT2D eigenvalue weighted by molar-refractivity contribution is 5.73. The number of fused-ring (bicyclic) bond motifs is 7. The van der Waals surface area contributed by atoms with E-state index in [-0.39, 0.29) is 42.8 Å². The van der Waals surface area contributed by atoms with Crippen molar-refractivity contribution in [2.45, 2.75) is 259 Å². The van der Waals surface area contributed by atoms with Crippen LogP contribution in [-0.2, 0) is 52.2 Å². The molecule has 28 nitrogen and oxygen atoms in total. The van der Waals surface area contributed by atoms with E-state index in [4.69, 9.17) is 47.4 Å². The second kappa shape index (κ2) is 24.6. The first kappa shape index (κ1) is 67.1. The van der Waals surface area contributed by atoms with Gasteiger partial charge in [0, 0.05) is 10.8 Å². The molecule has 10 aliphatic rings. The highest BCUT2D eigenvalue weighted by atomic mass is 16.8. The molecule has 5 saturated heterocycles. The molecule has 86 heavy (non-hydrogen) atoms. The van der Waals surface area contributed by atoms with Crippen LogP contribution in [0.25, 0.3) is 0 Å². The molecular formula is C58H94O28. The number of aliphatic hydroxyl groups is 16. The van der Waals surface area contributed by atoms with Crippen LogP contribution < -0.4 is 0 Å². The van der Waals surface area contributed by atoms with Gasteiger partial charge in [0.25, 0.3) is 0 Å². The van der Waals surface area contributed by atoms with Crippen LogP contribution in [0.15, 0.2) is 11.6 Å². The Morgan fingerprint density at radius 3 is 1.72 bits per heavy atom. The largest absolute Gasteiger partial charge is 0.479 e. The molecular weight excluding hydrogens is 1140 g/mol. The molecule has 0 aromatic carbocycles.